The number of hydrogen-bond acceptors (Lipinski definition) is 3. The van der Waals surface area contributed by atoms with E-state index in [-0.39, 0.29) is 6.61 Å². The van der Waals surface area contributed by atoms with E-state index in [0.29, 0.717) is 0 Å². The molecule has 15 heavy (non-hydrogen) atoms. The van der Waals surface area contributed by atoms with Crippen LogP contribution in [0, 0.1) is 5.92 Å². The van der Waals surface area contributed by atoms with Gasteiger partial charge in [-0.2, -0.15) is 0 Å². The van der Waals surface area contributed by atoms with Crippen LogP contribution in [0.1, 0.15) is 40.0 Å². The topological polar surface area (TPSA) is 49.5 Å². The number of hydrogen-bond donors (Lipinski definition) is 2. The van der Waals surface area contributed by atoms with Crippen molar-refractivity contribution in [2.75, 3.05) is 19.7 Å². The van der Waals surface area contributed by atoms with Crippen LogP contribution in [0.5, 0.6) is 0 Å². The van der Waals surface area contributed by atoms with E-state index < -0.39 is 5.54 Å². The maximum absolute atomic E-state index is 9.04. The summed E-state index contributed by atoms with van der Waals surface area (Å²) in [6, 6.07) is 0.721. The first-order chi connectivity index (χ1) is 6.94. The Morgan fingerprint density at radius 3 is 2.60 bits per heavy atom. The molecule has 0 aromatic carbocycles. The Hall–Kier alpha value is -0.120. The molecule has 3 heteroatoms. The number of aliphatic hydroxyl groups is 1. The highest BCUT2D eigenvalue weighted by Gasteiger charge is 2.26. The predicted molar refractivity (Wildman–Crippen MR) is 63.7 cm³/mol. The summed E-state index contributed by atoms with van der Waals surface area (Å²) in [6.07, 6.45) is 3.31. The van der Waals surface area contributed by atoms with Crippen LogP contribution in [0.2, 0.25) is 0 Å². The minimum absolute atomic E-state index is 0.0823. The molecule has 1 rings (SSSR count). The second-order valence-electron chi connectivity index (χ2n) is 5.60. The third kappa shape index (κ3) is 4.09. The lowest BCUT2D eigenvalue weighted by Gasteiger charge is -2.25. The van der Waals surface area contributed by atoms with E-state index in [0.717, 1.165) is 31.3 Å². The van der Waals surface area contributed by atoms with E-state index in [4.69, 9.17) is 10.8 Å². The second kappa shape index (κ2) is 5.28. The smallest absolute Gasteiger partial charge is 0.0608 e. The molecule has 1 aliphatic heterocycles. The van der Waals surface area contributed by atoms with Crippen LogP contribution < -0.4 is 5.73 Å². The summed E-state index contributed by atoms with van der Waals surface area (Å²) in [6.45, 7) is 8.97. The van der Waals surface area contributed by atoms with Crippen LogP contribution in [0.3, 0.4) is 0 Å². The van der Waals surface area contributed by atoms with Gasteiger partial charge in [0.15, 0.2) is 0 Å². The van der Waals surface area contributed by atoms with Gasteiger partial charge in [0.05, 0.1) is 6.61 Å². The largest absolute Gasteiger partial charge is 0.394 e. The minimum Gasteiger partial charge on any atom is -0.394 e. The molecule has 0 aromatic rings. The van der Waals surface area contributed by atoms with Crippen LogP contribution in [0.25, 0.3) is 0 Å². The standard InChI is InChI=1S/C12H26N2O/c1-10-7-11(2)14(8-10)6-4-5-12(3,13)9-15/h10-11,15H,4-9,13H2,1-3H3. The van der Waals surface area contributed by atoms with Crippen molar-refractivity contribution in [2.24, 2.45) is 11.7 Å². The molecule has 1 heterocycles. The summed E-state index contributed by atoms with van der Waals surface area (Å²) in [5.41, 5.74) is 5.50. The first-order valence-electron chi connectivity index (χ1n) is 6.08. The van der Waals surface area contributed by atoms with Gasteiger partial charge in [-0.3, -0.25) is 0 Å². The third-order valence-corrected chi connectivity index (χ3v) is 3.47. The summed E-state index contributed by atoms with van der Waals surface area (Å²) in [5.74, 6) is 0.835. The zero-order valence-corrected chi connectivity index (χ0v) is 10.4. The van der Waals surface area contributed by atoms with Crippen molar-refractivity contribution >= 4 is 0 Å². The molecule has 0 aromatic heterocycles. The summed E-state index contributed by atoms with van der Waals surface area (Å²) in [7, 11) is 0. The Morgan fingerprint density at radius 2 is 2.13 bits per heavy atom. The van der Waals surface area contributed by atoms with Crippen LogP contribution in [-0.2, 0) is 0 Å². The van der Waals surface area contributed by atoms with Gasteiger partial charge in [-0.25, -0.2) is 0 Å². The van der Waals surface area contributed by atoms with Crippen molar-refractivity contribution in [1.82, 2.24) is 4.90 Å². The van der Waals surface area contributed by atoms with Crippen molar-refractivity contribution in [1.29, 1.82) is 0 Å². The maximum Gasteiger partial charge on any atom is 0.0608 e. The van der Waals surface area contributed by atoms with Crippen molar-refractivity contribution < 1.29 is 5.11 Å². The van der Waals surface area contributed by atoms with Gasteiger partial charge in [0.1, 0.15) is 0 Å². The summed E-state index contributed by atoms with van der Waals surface area (Å²) in [4.78, 5) is 2.54. The molecule has 0 saturated carbocycles. The summed E-state index contributed by atoms with van der Waals surface area (Å²) >= 11 is 0. The molecule has 1 aliphatic rings. The molecule has 1 fully saturated rings. The van der Waals surface area contributed by atoms with Crippen molar-refractivity contribution in [3.05, 3.63) is 0 Å². The molecule has 0 bridgehead atoms. The van der Waals surface area contributed by atoms with Gasteiger partial charge in [0.2, 0.25) is 0 Å². The molecular formula is C12H26N2O. The lowest BCUT2D eigenvalue weighted by atomic mass is 9.98. The lowest BCUT2D eigenvalue weighted by molar-refractivity contribution is 0.186. The van der Waals surface area contributed by atoms with E-state index in [9.17, 15) is 0 Å². The predicted octanol–water partition coefficient (Wildman–Crippen LogP) is 1.21. The highest BCUT2D eigenvalue weighted by molar-refractivity contribution is 4.82. The number of nitrogens with two attached hydrogens (primary N) is 1. The van der Waals surface area contributed by atoms with Crippen molar-refractivity contribution in [3.63, 3.8) is 0 Å². The van der Waals surface area contributed by atoms with Crippen LogP contribution in [0.4, 0.5) is 0 Å². The van der Waals surface area contributed by atoms with Gasteiger partial charge < -0.3 is 15.7 Å². The van der Waals surface area contributed by atoms with Crippen LogP contribution in [-0.4, -0.2) is 41.3 Å². The number of aliphatic hydroxyl groups excluding tert-OH is 1. The summed E-state index contributed by atoms with van der Waals surface area (Å²) in [5, 5.41) is 9.04. The molecule has 3 nitrogen and oxygen atoms in total. The number of nitrogens with zero attached hydrogens (tertiary/aromatic N) is 1. The fraction of sp³-hybridized carbons (Fsp3) is 1.00. The zero-order chi connectivity index (χ0) is 11.5. The molecule has 3 atom stereocenters. The molecule has 0 amide bonds. The average molecular weight is 214 g/mol. The molecule has 90 valence electrons. The quantitative estimate of drug-likeness (QED) is 0.723. The fourth-order valence-electron chi connectivity index (χ4n) is 2.46. The van der Waals surface area contributed by atoms with Gasteiger partial charge in [0, 0.05) is 18.1 Å². The number of rotatable bonds is 5. The minimum atomic E-state index is -0.394. The molecule has 0 radical (unpaired) electrons. The van der Waals surface area contributed by atoms with Gasteiger partial charge in [0.25, 0.3) is 0 Å². The molecule has 3 unspecified atom stereocenters. The van der Waals surface area contributed by atoms with E-state index >= 15 is 0 Å². The Morgan fingerprint density at radius 1 is 1.47 bits per heavy atom. The maximum atomic E-state index is 9.04. The van der Waals surface area contributed by atoms with Crippen molar-refractivity contribution in [2.45, 2.75) is 51.6 Å². The van der Waals surface area contributed by atoms with Crippen LogP contribution >= 0.6 is 0 Å². The third-order valence-electron chi connectivity index (χ3n) is 3.47. The first-order valence-corrected chi connectivity index (χ1v) is 6.08. The Bertz CT molecular complexity index is 194. The Kier molecular flexibility index (Phi) is 4.56. The Labute approximate surface area is 93.6 Å². The zero-order valence-electron chi connectivity index (χ0n) is 10.4. The monoisotopic (exact) mass is 214 g/mol. The molecule has 3 N–H and O–H groups in total. The first kappa shape index (κ1) is 12.9. The van der Waals surface area contributed by atoms with E-state index in [2.05, 4.69) is 18.7 Å². The van der Waals surface area contributed by atoms with Gasteiger partial charge in [-0.1, -0.05) is 6.92 Å². The highest BCUT2D eigenvalue weighted by Crippen LogP contribution is 2.22. The van der Waals surface area contributed by atoms with E-state index in [1.807, 2.05) is 6.92 Å². The molecule has 0 spiro atoms. The molecule has 1 saturated heterocycles. The fourth-order valence-corrected chi connectivity index (χ4v) is 2.46. The Balaban J connectivity index is 2.20. The molecular weight excluding hydrogens is 188 g/mol. The lowest BCUT2D eigenvalue weighted by Crippen LogP contribution is -2.41. The van der Waals surface area contributed by atoms with E-state index in [1.54, 1.807) is 0 Å². The van der Waals surface area contributed by atoms with E-state index in [1.165, 1.54) is 13.0 Å². The normalized spacial score (nSPS) is 31.8. The van der Waals surface area contributed by atoms with Crippen LogP contribution in [0.15, 0.2) is 0 Å². The van der Waals surface area contributed by atoms with Gasteiger partial charge in [-0.05, 0) is 45.6 Å². The second-order valence-corrected chi connectivity index (χ2v) is 5.60. The number of likely N-dealkylation sites (tertiary alicyclic amines) is 1. The van der Waals surface area contributed by atoms with Gasteiger partial charge in [-0.15, -0.1) is 0 Å². The molecule has 0 aliphatic carbocycles. The SMILES string of the molecule is CC1CC(C)N(CCCC(C)(N)CO)C1. The highest BCUT2D eigenvalue weighted by atomic mass is 16.3. The van der Waals surface area contributed by atoms with Gasteiger partial charge >= 0.3 is 0 Å². The summed E-state index contributed by atoms with van der Waals surface area (Å²) < 4.78 is 0. The average Bonchev–Trinajstić information content (AvgIpc) is 2.45. The van der Waals surface area contributed by atoms with Crippen molar-refractivity contribution in [3.8, 4) is 0 Å².